The van der Waals surface area contributed by atoms with Crippen molar-refractivity contribution in [3.63, 3.8) is 0 Å². The van der Waals surface area contributed by atoms with Crippen molar-refractivity contribution < 1.29 is 0 Å². The van der Waals surface area contributed by atoms with Crippen molar-refractivity contribution in [2.75, 3.05) is 0 Å². The maximum atomic E-state index is 5.54. The van der Waals surface area contributed by atoms with Gasteiger partial charge in [-0.05, 0) is 64.0 Å². The molecule has 0 N–H and O–H groups in total. The van der Waals surface area contributed by atoms with E-state index in [1.807, 2.05) is 22.7 Å². The van der Waals surface area contributed by atoms with Gasteiger partial charge >= 0.3 is 0 Å². The standard InChI is InChI=1S/C53H29N5S2/c1-2-14-31-30(13-1)29-40(33-16-4-3-15-32(31)33)51-54-52(57-41-21-9-5-19-38(41)47-43(57)27-25-36-34-17-7-11-23-45(34)59-49(36)47)56-53(55-51)58-42-22-10-6-20-39(42)48-44(58)28-26-37-35-18-8-12-24-46(35)60-50(37)48/h1-29H. The highest BCUT2D eigenvalue weighted by molar-refractivity contribution is 7.27. The van der Waals surface area contributed by atoms with Crippen LogP contribution in [0, 0.1) is 0 Å². The first-order valence-corrected chi connectivity index (χ1v) is 21.7. The van der Waals surface area contributed by atoms with Crippen LogP contribution in [-0.2, 0) is 0 Å². The van der Waals surface area contributed by atoms with Gasteiger partial charge in [0, 0.05) is 67.5 Å². The zero-order valence-electron chi connectivity index (χ0n) is 31.8. The fourth-order valence-electron chi connectivity index (χ4n) is 9.81. The molecule has 0 aliphatic heterocycles. The zero-order valence-corrected chi connectivity index (χ0v) is 33.4. The van der Waals surface area contributed by atoms with Crippen molar-refractivity contribution in [1.29, 1.82) is 0 Å². The van der Waals surface area contributed by atoms with E-state index in [4.69, 9.17) is 15.0 Å². The predicted molar refractivity (Wildman–Crippen MR) is 255 cm³/mol. The molecule has 0 atom stereocenters. The maximum Gasteiger partial charge on any atom is 0.240 e. The number of thiophene rings is 2. The summed E-state index contributed by atoms with van der Waals surface area (Å²) in [4.78, 5) is 16.6. The Morgan fingerprint density at radius 3 is 1.35 bits per heavy atom. The topological polar surface area (TPSA) is 48.5 Å². The summed E-state index contributed by atoms with van der Waals surface area (Å²) in [6.07, 6.45) is 0. The van der Waals surface area contributed by atoms with Gasteiger partial charge in [0.2, 0.25) is 11.9 Å². The molecular weight excluding hydrogens is 771 g/mol. The Balaban J connectivity index is 1.14. The van der Waals surface area contributed by atoms with Gasteiger partial charge in [0.25, 0.3) is 0 Å². The highest BCUT2D eigenvalue weighted by Gasteiger charge is 2.24. The van der Waals surface area contributed by atoms with Gasteiger partial charge in [-0.15, -0.1) is 22.7 Å². The Morgan fingerprint density at radius 2 is 0.783 bits per heavy atom. The van der Waals surface area contributed by atoms with Crippen LogP contribution in [0.5, 0.6) is 0 Å². The predicted octanol–water partition coefficient (Wildman–Crippen LogP) is 14.8. The molecule has 60 heavy (non-hydrogen) atoms. The molecule has 0 saturated carbocycles. The molecule has 0 radical (unpaired) electrons. The number of benzene rings is 9. The average molecular weight is 800 g/mol. The van der Waals surface area contributed by atoms with Crippen molar-refractivity contribution in [3.8, 4) is 23.3 Å². The van der Waals surface area contributed by atoms with Crippen molar-refractivity contribution in [2.24, 2.45) is 0 Å². The Kier molecular flexibility index (Phi) is 6.53. The summed E-state index contributed by atoms with van der Waals surface area (Å²) in [7, 11) is 0. The first-order chi connectivity index (χ1) is 29.8. The Hall–Kier alpha value is -7.45. The molecule has 5 aromatic heterocycles. The molecule has 9 aromatic carbocycles. The summed E-state index contributed by atoms with van der Waals surface area (Å²) < 4.78 is 9.61. The molecule has 5 nitrogen and oxygen atoms in total. The lowest BCUT2D eigenvalue weighted by atomic mass is 9.97. The average Bonchev–Trinajstić information content (AvgIpc) is 4.06. The van der Waals surface area contributed by atoms with Crippen LogP contribution < -0.4 is 0 Å². The second-order valence-electron chi connectivity index (χ2n) is 15.5. The van der Waals surface area contributed by atoms with E-state index in [0.29, 0.717) is 17.7 Å². The van der Waals surface area contributed by atoms with Crippen molar-refractivity contribution in [1.82, 2.24) is 24.1 Å². The first-order valence-electron chi connectivity index (χ1n) is 20.1. The molecule has 0 amide bonds. The van der Waals surface area contributed by atoms with Crippen LogP contribution in [0.3, 0.4) is 0 Å². The summed E-state index contributed by atoms with van der Waals surface area (Å²) in [5.41, 5.74) is 5.21. The summed E-state index contributed by atoms with van der Waals surface area (Å²) >= 11 is 3.71. The highest BCUT2D eigenvalue weighted by atomic mass is 32.1. The Labute approximate surface area is 349 Å². The van der Waals surface area contributed by atoms with Crippen molar-refractivity contribution in [2.45, 2.75) is 0 Å². The summed E-state index contributed by atoms with van der Waals surface area (Å²) in [6.45, 7) is 0. The van der Waals surface area contributed by atoms with E-state index in [9.17, 15) is 0 Å². The van der Waals surface area contributed by atoms with Crippen LogP contribution in [0.1, 0.15) is 0 Å². The van der Waals surface area contributed by atoms with Crippen LogP contribution in [0.25, 0.3) is 129 Å². The van der Waals surface area contributed by atoms with Gasteiger partial charge in [-0.25, -0.2) is 0 Å². The summed E-state index contributed by atoms with van der Waals surface area (Å²) in [5, 5.41) is 14.5. The largest absolute Gasteiger partial charge is 0.278 e. The van der Waals surface area contributed by atoms with E-state index in [-0.39, 0.29) is 0 Å². The minimum atomic E-state index is 0.577. The third-order valence-electron chi connectivity index (χ3n) is 12.4. The summed E-state index contributed by atoms with van der Waals surface area (Å²) in [5.74, 6) is 1.78. The number of nitrogens with zero attached hydrogens (tertiary/aromatic N) is 5. The molecule has 14 aromatic rings. The van der Waals surface area contributed by atoms with E-state index in [1.54, 1.807) is 0 Å². The quantitative estimate of drug-likeness (QED) is 0.167. The SMILES string of the molecule is c1ccc2c(c1)cc(-c1nc(-n3c4ccccc4c4c5sc6ccccc6c5ccc43)nc(-n3c4ccccc4c4c5sc6ccccc6c5ccc43)n1)c1ccccc12. The van der Waals surface area contributed by atoms with Crippen LogP contribution in [-0.4, -0.2) is 24.1 Å². The number of hydrogen-bond acceptors (Lipinski definition) is 5. The fraction of sp³-hybridized carbons (Fsp3) is 0. The second kappa shape index (κ2) is 12.1. The molecule has 14 rings (SSSR count). The summed E-state index contributed by atoms with van der Waals surface area (Å²) in [6, 6.07) is 63.3. The van der Waals surface area contributed by atoms with Crippen molar-refractivity contribution >= 4 is 128 Å². The lowest BCUT2D eigenvalue weighted by molar-refractivity contribution is 0.894. The van der Waals surface area contributed by atoms with E-state index in [0.717, 1.165) is 38.4 Å². The molecule has 0 aliphatic carbocycles. The second-order valence-corrected chi connectivity index (χ2v) is 17.6. The van der Waals surface area contributed by atoms with E-state index < -0.39 is 0 Å². The van der Waals surface area contributed by atoms with Crippen LogP contribution in [0.15, 0.2) is 176 Å². The van der Waals surface area contributed by atoms with Crippen LogP contribution in [0.4, 0.5) is 0 Å². The molecule has 0 bridgehead atoms. The normalized spacial score (nSPS) is 12.3. The van der Waals surface area contributed by atoms with Crippen LogP contribution >= 0.6 is 22.7 Å². The van der Waals surface area contributed by atoms with Crippen LogP contribution in [0.2, 0.25) is 0 Å². The molecular formula is C53H29N5S2. The van der Waals surface area contributed by atoms with Gasteiger partial charge in [-0.2, -0.15) is 15.0 Å². The minimum absolute atomic E-state index is 0.577. The van der Waals surface area contributed by atoms with Gasteiger partial charge in [0.15, 0.2) is 5.82 Å². The number of aromatic nitrogens is 5. The van der Waals surface area contributed by atoms with Gasteiger partial charge in [0.1, 0.15) is 0 Å². The molecule has 0 spiro atoms. The van der Waals surface area contributed by atoms with E-state index in [2.05, 4.69) is 185 Å². The van der Waals surface area contributed by atoms with Crippen molar-refractivity contribution in [3.05, 3.63) is 176 Å². The minimum Gasteiger partial charge on any atom is -0.278 e. The third-order valence-corrected chi connectivity index (χ3v) is 14.8. The van der Waals surface area contributed by atoms with Gasteiger partial charge in [0.05, 0.1) is 22.1 Å². The Bertz CT molecular complexity index is 3940. The zero-order chi connectivity index (χ0) is 39.1. The molecule has 5 heterocycles. The maximum absolute atomic E-state index is 5.54. The lowest BCUT2D eigenvalue weighted by Gasteiger charge is -2.14. The molecule has 0 fully saturated rings. The molecule has 0 unspecified atom stereocenters. The van der Waals surface area contributed by atoms with Gasteiger partial charge in [-0.3, -0.25) is 9.13 Å². The number of hydrogen-bond donors (Lipinski definition) is 0. The molecule has 0 saturated heterocycles. The molecule has 0 aliphatic rings. The number of rotatable bonds is 3. The van der Waals surface area contributed by atoms with Gasteiger partial charge < -0.3 is 0 Å². The Morgan fingerprint density at radius 1 is 0.333 bits per heavy atom. The molecule has 278 valence electrons. The van der Waals surface area contributed by atoms with E-state index >= 15 is 0 Å². The number of fused-ring (bicyclic) bond motifs is 17. The lowest BCUT2D eigenvalue weighted by Crippen LogP contribution is -2.10. The fourth-order valence-corrected chi connectivity index (χ4v) is 12.3. The smallest absolute Gasteiger partial charge is 0.240 e. The molecule has 7 heteroatoms. The number of para-hydroxylation sites is 2. The van der Waals surface area contributed by atoms with Gasteiger partial charge in [-0.1, -0.05) is 133 Å². The third kappa shape index (κ3) is 4.37. The van der Waals surface area contributed by atoms with E-state index in [1.165, 1.54) is 72.7 Å². The monoisotopic (exact) mass is 799 g/mol. The highest BCUT2D eigenvalue weighted by Crippen LogP contribution is 2.45. The first kappa shape index (κ1) is 32.5.